The summed E-state index contributed by atoms with van der Waals surface area (Å²) in [5.41, 5.74) is 4.46. The van der Waals surface area contributed by atoms with Crippen molar-refractivity contribution in [2.75, 3.05) is 0 Å². The van der Waals surface area contributed by atoms with Crippen LogP contribution in [-0.4, -0.2) is 15.4 Å². The van der Waals surface area contributed by atoms with Crippen molar-refractivity contribution in [3.8, 4) is 11.3 Å². The van der Waals surface area contributed by atoms with Crippen molar-refractivity contribution < 1.29 is 4.79 Å². The second-order valence-electron chi connectivity index (χ2n) is 4.90. The molecule has 0 atom stereocenters. The molecule has 3 nitrogen and oxygen atoms in total. The predicted octanol–water partition coefficient (Wildman–Crippen LogP) is 3.90. The van der Waals surface area contributed by atoms with Gasteiger partial charge in [0.1, 0.15) is 5.69 Å². The van der Waals surface area contributed by atoms with Gasteiger partial charge in [0.25, 0.3) is 0 Å². The van der Waals surface area contributed by atoms with E-state index in [-0.39, 0.29) is 5.78 Å². The molecule has 0 amide bonds. The molecule has 2 heterocycles. The minimum Gasteiger partial charge on any atom is -0.294 e. The minimum atomic E-state index is 0.128. The first-order chi connectivity index (χ1) is 9.70. The van der Waals surface area contributed by atoms with Gasteiger partial charge in [0, 0.05) is 18.2 Å². The van der Waals surface area contributed by atoms with E-state index in [0.717, 1.165) is 27.9 Å². The fourth-order valence-electron chi connectivity index (χ4n) is 2.40. The van der Waals surface area contributed by atoms with Gasteiger partial charge in [-0.25, -0.2) is 4.52 Å². The maximum absolute atomic E-state index is 12.3. The number of aromatic nitrogens is 2. The van der Waals surface area contributed by atoms with Gasteiger partial charge in [0.15, 0.2) is 5.78 Å². The van der Waals surface area contributed by atoms with Gasteiger partial charge >= 0.3 is 0 Å². The van der Waals surface area contributed by atoms with Crippen LogP contribution in [0.15, 0.2) is 48.7 Å². The van der Waals surface area contributed by atoms with Gasteiger partial charge in [0.2, 0.25) is 0 Å². The Bertz CT molecular complexity index is 772. The molecule has 20 heavy (non-hydrogen) atoms. The highest BCUT2D eigenvalue weighted by Gasteiger charge is 2.19. The van der Waals surface area contributed by atoms with Crippen molar-refractivity contribution in [3.63, 3.8) is 0 Å². The first-order valence-corrected chi connectivity index (χ1v) is 6.78. The molecule has 0 aliphatic rings. The quantitative estimate of drug-likeness (QED) is 0.672. The molecule has 1 aromatic carbocycles. The molecule has 3 rings (SSSR count). The molecule has 0 saturated carbocycles. The number of ketones is 1. The highest BCUT2D eigenvalue weighted by Crippen LogP contribution is 2.27. The third-order valence-electron chi connectivity index (χ3n) is 3.42. The normalized spacial score (nSPS) is 10.9. The highest BCUT2D eigenvalue weighted by molar-refractivity contribution is 6.07. The summed E-state index contributed by atoms with van der Waals surface area (Å²) < 4.78 is 1.81. The third-order valence-corrected chi connectivity index (χ3v) is 3.42. The van der Waals surface area contributed by atoms with Crippen LogP contribution >= 0.6 is 0 Å². The average Bonchev–Trinajstić information content (AvgIpc) is 2.85. The van der Waals surface area contributed by atoms with E-state index in [9.17, 15) is 4.79 Å². The van der Waals surface area contributed by atoms with Crippen LogP contribution in [0.4, 0.5) is 0 Å². The average molecular weight is 264 g/mol. The van der Waals surface area contributed by atoms with E-state index in [0.29, 0.717) is 6.42 Å². The molecule has 3 heteroatoms. The Morgan fingerprint density at radius 3 is 2.60 bits per heavy atom. The van der Waals surface area contributed by atoms with Crippen molar-refractivity contribution in [3.05, 3.63) is 59.8 Å². The van der Waals surface area contributed by atoms with Gasteiger partial charge in [-0.3, -0.25) is 4.79 Å². The van der Waals surface area contributed by atoms with Gasteiger partial charge in [-0.05, 0) is 18.6 Å². The molecule has 0 aliphatic heterocycles. The Kier molecular flexibility index (Phi) is 3.11. The largest absolute Gasteiger partial charge is 0.294 e. The van der Waals surface area contributed by atoms with Crippen LogP contribution in [0.2, 0.25) is 0 Å². The van der Waals surface area contributed by atoms with Crippen molar-refractivity contribution in [2.45, 2.75) is 20.3 Å². The lowest BCUT2D eigenvalue weighted by atomic mass is 10.0. The Morgan fingerprint density at radius 1 is 1.15 bits per heavy atom. The molecule has 0 spiro atoms. The second kappa shape index (κ2) is 4.93. The standard InChI is InChI=1S/C17H16N2O/c1-3-15(20)16-14-10-9-12(2)11-19(14)18-17(16)13-7-5-4-6-8-13/h4-11H,3H2,1-2H3. The number of aryl methyl sites for hydroxylation is 1. The first kappa shape index (κ1) is 12.6. The topological polar surface area (TPSA) is 34.4 Å². The number of carbonyl (C=O) groups excluding carboxylic acids is 1. The highest BCUT2D eigenvalue weighted by atomic mass is 16.1. The summed E-state index contributed by atoms with van der Waals surface area (Å²) in [7, 11) is 0. The van der Waals surface area contributed by atoms with E-state index in [1.54, 1.807) is 4.52 Å². The lowest BCUT2D eigenvalue weighted by Crippen LogP contribution is -1.98. The van der Waals surface area contributed by atoms with Crippen LogP contribution in [0.3, 0.4) is 0 Å². The Labute approximate surface area is 117 Å². The van der Waals surface area contributed by atoms with Crippen LogP contribution in [0.25, 0.3) is 16.8 Å². The van der Waals surface area contributed by atoms with Crippen molar-refractivity contribution in [2.24, 2.45) is 0 Å². The molecule has 3 aromatic rings. The SMILES string of the molecule is CCC(=O)c1c(-c2ccccc2)nn2cc(C)ccc12. The molecule has 0 fully saturated rings. The summed E-state index contributed by atoms with van der Waals surface area (Å²) in [4.78, 5) is 12.3. The van der Waals surface area contributed by atoms with Crippen LogP contribution in [0.5, 0.6) is 0 Å². The van der Waals surface area contributed by atoms with E-state index < -0.39 is 0 Å². The van der Waals surface area contributed by atoms with Crippen molar-refractivity contribution in [1.29, 1.82) is 0 Å². The van der Waals surface area contributed by atoms with Crippen molar-refractivity contribution in [1.82, 2.24) is 9.61 Å². The van der Waals surface area contributed by atoms with E-state index in [1.165, 1.54) is 0 Å². The van der Waals surface area contributed by atoms with Crippen LogP contribution < -0.4 is 0 Å². The summed E-state index contributed by atoms with van der Waals surface area (Å²) >= 11 is 0. The Hall–Kier alpha value is -2.42. The summed E-state index contributed by atoms with van der Waals surface area (Å²) in [6, 6.07) is 13.8. The number of fused-ring (bicyclic) bond motifs is 1. The molecule has 2 aromatic heterocycles. The predicted molar refractivity (Wildman–Crippen MR) is 80.0 cm³/mol. The zero-order valence-corrected chi connectivity index (χ0v) is 11.6. The van der Waals surface area contributed by atoms with Crippen LogP contribution in [0, 0.1) is 6.92 Å². The number of hydrogen-bond donors (Lipinski definition) is 0. The number of nitrogens with zero attached hydrogens (tertiary/aromatic N) is 2. The van der Waals surface area contributed by atoms with Gasteiger partial charge in [-0.1, -0.05) is 43.3 Å². The summed E-state index contributed by atoms with van der Waals surface area (Å²) in [6.45, 7) is 3.90. The van der Waals surface area contributed by atoms with Gasteiger partial charge < -0.3 is 0 Å². The zero-order valence-electron chi connectivity index (χ0n) is 11.6. The van der Waals surface area contributed by atoms with Gasteiger partial charge in [0.05, 0.1) is 11.1 Å². The van der Waals surface area contributed by atoms with Crippen LogP contribution in [0.1, 0.15) is 29.3 Å². The third kappa shape index (κ3) is 2.01. The minimum absolute atomic E-state index is 0.128. The number of pyridine rings is 1. The fraction of sp³-hybridized carbons (Fsp3) is 0.176. The Morgan fingerprint density at radius 2 is 1.90 bits per heavy atom. The van der Waals surface area contributed by atoms with Gasteiger partial charge in [-0.15, -0.1) is 0 Å². The van der Waals surface area contributed by atoms with E-state index in [4.69, 9.17) is 0 Å². The smallest absolute Gasteiger partial charge is 0.167 e. The number of Topliss-reactive ketones (excluding diaryl/α,β-unsaturated/α-hetero) is 1. The second-order valence-corrected chi connectivity index (χ2v) is 4.90. The summed E-state index contributed by atoms with van der Waals surface area (Å²) in [5.74, 6) is 0.128. The van der Waals surface area contributed by atoms with E-state index in [1.807, 2.05) is 62.5 Å². The number of rotatable bonds is 3. The van der Waals surface area contributed by atoms with E-state index in [2.05, 4.69) is 5.10 Å². The number of benzene rings is 1. The molecule has 0 unspecified atom stereocenters. The maximum Gasteiger partial charge on any atom is 0.167 e. The van der Waals surface area contributed by atoms with Crippen molar-refractivity contribution >= 4 is 11.3 Å². The summed E-state index contributed by atoms with van der Waals surface area (Å²) in [5, 5.41) is 4.61. The molecule has 100 valence electrons. The molecule has 0 saturated heterocycles. The maximum atomic E-state index is 12.3. The van der Waals surface area contributed by atoms with E-state index >= 15 is 0 Å². The molecular weight excluding hydrogens is 248 g/mol. The molecule has 0 aliphatic carbocycles. The fourth-order valence-corrected chi connectivity index (χ4v) is 2.40. The van der Waals surface area contributed by atoms with Crippen LogP contribution in [-0.2, 0) is 0 Å². The molecular formula is C17H16N2O. The monoisotopic (exact) mass is 264 g/mol. The molecule has 0 N–H and O–H groups in total. The first-order valence-electron chi connectivity index (χ1n) is 6.78. The summed E-state index contributed by atoms with van der Waals surface area (Å²) in [6.07, 6.45) is 2.43. The Balaban J connectivity index is 2.33. The number of hydrogen-bond acceptors (Lipinski definition) is 2. The number of carbonyl (C=O) groups is 1. The lowest BCUT2D eigenvalue weighted by Gasteiger charge is -2.00. The molecule has 0 radical (unpaired) electrons. The molecule has 0 bridgehead atoms. The zero-order chi connectivity index (χ0) is 14.1. The lowest BCUT2D eigenvalue weighted by molar-refractivity contribution is 0.0990. The van der Waals surface area contributed by atoms with Gasteiger partial charge in [-0.2, -0.15) is 5.10 Å².